The summed E-state index contributed by atoms with van der Waals surface area (Å²) in [5.74, 6) is -0.113. The Labute approximate surface area is 185 Å². The van der Waals surface area contributed by atoms with Crippen molar-refractivity contribution in [2.24, 2.45) is 5.10 Å². The number of aromatic hydroxyl groups is 1. The number of nitrogens with zero attached hydrogens (tertiary/aromatic N) is 2. The maximum Gasteiger partial charge on any atom is 0.259 e. The number of carbonyl (C=O) groups excluding carboxylic acids is 2. The molecule has 0 saturated carbocycles. The topological polar surface area (TPSA) is 91.2 Å². The van der Waals surface area contributed by atoms with Gasteiger partial charge in [-0.15, -0.1) is 0 Å². The number of hydrazone groups is 1. The Bertz CT molecular complexity index is 950. The van der Waals surface area contributed by atoms with Gasteiger partial charge in [-0.25, -0.2) is 5.43 Å². The molecule has 29 heavy (non-hydrogen) atoms. The number of hydrogen-bond acceptors (Lipinski definition) is 5. The lowest BCUT2D eigenvalue weighted by molar-refractivity contribution is -0.133. The van der Waals surface area contributed by atoms with Crippen LogP contribution in [0.4, 0.5) is 0 Å². The van der Waals surface area contributed by atoms with E-state index < -0.39 is 0 Å². The molecular weight excluding hydrogens is 506 g/mol. The van der Waals surface area contributed by atoms with Crippen LogP contribution < -0.4 is 10.2 Å². The van der Waals surface area contributed by atoms with Gasteiger partial charge in [-0.3, -0.25) is 9.59 Å². The van der Waals surface area contributed by atoms with Crippen LogP contribution in [0.15, 0.2) is 50.4 Å². The summed E-state index contributed by atoms with van der Waals surface area (Å²) in [6.07, 6.45) is 1.82. The number of hydrogen-bond donors (Lipinski definition) is 2. The number of likely N-dealkylation sites (tertiary alicyclic amines) is 1. The first-order chi connectivity index (χ1) is 13.9. The fourth-order valence-electron chi connectivity index (χ4n) is 3.12. The Kier molecular flexibility index (Phi) is 6.92. The van der Waals surface area contributed by atoms with E-state index in [9.17, 15) is 14.7 Å². The van der Waals surface area contributed by atoms with Crippen LogP contribution in [-0.4, -0.2) is 48.2 Å². The maximum absolute atomic E-state index is 12.2. The van der Waals surface area contributed by atoms with E-state index in [0.717, 1.165) is 5.56 Å². The zero-order valence-corrected chi connectivity index (χ0v) is 18.7. The minimum atomic E-state index is -0.385. The second-order valence-electron chi connectivity index (χ2n) is 6.52. The van der Waals surface area contributed by atoms with Crippen LogP contribution in [0, 0.1) is 0 Å². The highest BCUT2D eigenvalue weighted by Gasteiger charge is 2.31. The average Bonchev–Trinajstić information content (AvgIpc) is 3.09. The number of rotatable bonds is 6. The summed E-state index contributed by atoms with van der Waals surface area (Å²) in [5.41, 5.74) is 4.12. The quantitative estimate of drug-likeness (QED) is 0.447. The lowest BCUT2D eigenvalue weighted by atomic mass is 9.99. The standard InChI is InChI=1S/C20H19Br2N3O4/c1-29-15-7-13(18(21)19(22)20(15)28)9-23-24-16(26)11-25-10-14(8-17(25)27)12-5-3-2-4-6-12/h2-7,9,14,28H,8,10-11H2,1H3,(H,24,26). The van der Waals surface area contributed by atoms with E-state index in [1.54, 1.807) is 11.0 Å². The second-order valence-corrected chi connectivity index (χ2v) is 8.11. The van der Waals surface area contributed by atoms with E-state index in [0.29, 0.717) is 27.5 Å². The number of carbonyl (C=O) groups is 2. The summed E-state index contributed by atoms with van der Waals surface area (Å²) in [7, 11) is 1.44. The molecule has 1 heterocycles. The third-order valence-corrected chi connectivity index (χ3v) is 6.77. The van der Waals surface area contributed by atoms with Crippen molar-refractivity contribution in [2.75, 3.05) is 20.2 Å². The highest BCUT2D eigenvalue weighted by molar-refractivity contribution is 9.13. The molecule has 2 amide bonds. The molecule has 9 heteroatoms. The van der Waals surface area contributed by atoms with Crippen molar-refractivity contribution in [3.63, 3.8) is 0 Å². The Morgan fingerprint density at radius 2 is 2.07 bits per heavy atom. The highest BCUT2D eigenvalue weighted by atomic mass is 79.9. The Morgan fingerprint density at radius 1 is 1.34 bits per heavy atom. The fourth-order valence-corrected chi connectivity index (χ4v) is 3.95. The smallest absolute Gasteiger partial charge is 0.259 e. The van der Waals surface area contributed by atoms with Crippen molar-refractivity contribution in [2.45, 2.75) is 12.3 Å². The van der Waals surface area contributed by atoms with Gasteiger partial charge < -0.3 is 14.7 Å². The van der Waals surface area contributed by atoms with Crippen LogP contribution in [0.5, 0.6) is 11.5 Å². The Morgan fingerprint density at radius 3 is 2.76 bits per heavy atom. The molecule has 1 fully saturated rings. The third kappa shape index (κ3) is 4.97. The number of phenolic OH excluding ortho intramolecular Hbond substituents is 1. The lowest BCUT2D eigenvalue weighted by Gasteiger charge is -2.15. The van der Waals surface area contributed by atoms with Crippen molar-refractivity contribution >= 4 is 49.9 Å². The van der Waals surface area contributed by atoms with Gasteiger partial charge in [0.15, 0.2) is 11.5 Å². The maximum atomic E-state index is 12.2. The molecule has 1 saturated heterocycles. The van der Waals surface area contributed by atoms with Gasteiger partial charge in [0.05, 0.1) is 17.8 Å². The van der Waals surface area contributed by atoms with Crippen LogP contribution in [0.25, 0.3) is 0 Å². The molecule has 2 N–H and O–H groups in total. The van der Waals surface area contributed by atoms with E-state index in [1.807, 2.05) is 30.3 Å². The number of amides is 2. The Hall–Kier alpha value is -2.39. The van der Waals surface area contributed by atoms with Gasteiger partial charge in [0.25, 0.3) is 5.91 Å². The number of ether oxygens (including phenoxy) is 1. The molecule has 2 aromatic rings. The van der Waals surface area contributed by atoms with E-state index in [1.165, 1.54) is 13.3 Å². The van der Waals surface area contributed by atoms with Gasteiger partial charge in [-0.2, -0.15) is 5.10 Å². The molecule has 0 bridgehead atoms. The molecule has 1 aliphatic heterocycles. The molecule has 0 radical (unpaired) electrons. The van der Waals surface area contributed by atoms with Crippen molar-refractivity contribution in [1.29, 1.82) is 0 Å². The van der Waals surface area contributed by atoms with Gasteiger partial charge in [-0.1, -0.05) is 30.3 Å². The van der Waals surface area contributed by atoms with Crippen LogP contribution in [0.3, 0.4) is 0 Å². The van der Waals surface area contributed by atoms with Gasteiger partial charge in [0.1, 0.15) is 6.54 Å². The van der Waals surface area contributed by atoms with E-state index >= 15 is 0 Å². The largest absolute Gasteiger partial charge is 0.503 e. The summed E-state index contributed by atoms with van der Waals surface area (Å²) in [6.45, 7) is 0.455. The van der Waals surface area contributed by atoms with Crippen LogP contribution >= 0.6 is 31.9 Å². The van der Waals surface area contributed by atoms with Crippen LogP contribution in [0.1, 0.15) is 23.5 Å². The van der Waals surface area contributed by atoms with Crippen LogP contribution in [0.2, 0.25) is 0 Å². The number of halogens is 2. The van der Waals surface area contributed by atoms with E-state index in [-0.39, 0.29) is 35.8 Å². The molecule has 0 aliphatic carbocycles. The molecule has 1 atom stereocenters. The zero-order valence-electron chi connectivity index (χ0n) is 15.6. The molecule has 7 nitrogen and oxygen atoms in total. The van der Waals surface area contributed by atoms with Gasteiger partial charge in [-0.05, 0) is 43.5 Å². The van der Waals surface area contributed by atoms with E-state index in [2.05, 4.69) is 42.4 Å². The molecular formula is C20H19Br2N3O4. The summed E-state index contributed by atoms with van der Waals surface area (Å²) in [4.78, 5) is 26.0. The average molecular weight is 525 g/mol. The van der Waals surface area contributed by atoms with Gasteiger partial charge >= 0.3 is 0 Å². The third-order valence-electron chi connectivity index (χ3n) is 4.61. The molecule has 0 spiro atoms. The molecule has 1 unspecified atom stereocenters. The summed E-state index contributed by atoms with van der Waals surface area (Å²) < 4.78 is 6.08. The fraction of sp³-hybridized carbons (Fsp3) is 0.250. The predicted molar refractivity (Wildman–Crippen MR) is 116 cm³/mol. The first-order valence-corrected chi connectivity index (χ1v) is 10.4. The van der Waals surface area contributed by atoms with Crippen molar-refractivity contribution in [3.05, 3.63) is 56.5 Å². The second kappa shape index (κ2) is 9.41. The summed E-state index contributed by atoms with van der Waals surface area (Å²) >= 11 is 6.61. The van der Waals surface area contributed by atoms with Crippen molar-refractivity contribution in [1.82, 2.24) is 10.3 Å². The van der Waals surface area contributed by atoms with Crippen LogP contribution in [-0.2, 0) is 9.59 Å². The number of phenols is 1. The van der Waals surface area contributed by atoms with Gasteiger partial charge in [0, 0.05) is 28.9 Å². The zero-order chi connectivity index (χ0) is 21.0. The predicted octanol–water partition coefficient (Wildman–Crippen LogP) is 3.39. The highest BCUT2D eigenvalue weighted by Crippen LogP contribution is 2.41. The van der Waals surface area contributed by atoms with Crippen molar-refractivity contribution in [3.8, 4) is 11.5 Å². The summed E-state index contributed by atoms with van der Waals surface area (Å²) in [5, 5.41) is 13.9. The molecule has 2 aromatic carbocycles. The Balaban J connectivity index is 1.59. The van der Waals surface area contributed by atoms with E-state index in [4.69, 9.17) is 4.74 Å². The molecule has 3 rings (SSSR count). The number of benzene rings is 2. The minimum absolute atomic E-state index is 0.0407. The van der Waals surface area contributed by atoms with Gasteiger partial charge in [0.2, 0.25) is 5.91 Å². The summed E-state index contributed by atoms with van der Waals surface area (Å²) in [6, 6.07) is 11.4. The number of nitrogens with one attached hydrogen (secondary N) is 1. The minimum Gasteiger partial charge on any atom is -0.503 e. The lowest BCUT2D eigenvalue weighted by Crippen LogP contribution is -2.36. The number of methoxy groups -OCH3 is 1. The normalized spacial score (nSPS) is 16.4. The molecule has 1 aliphatic rings. The molecule has 0 aromatic heterocycles. The first kappa shape index (κ1) is 21.3. The monoisotopic (exact) mass is 523 g/mol. The van der Waals surface area contributed by atoms with Crippen molar-refractivity contribution < 1.29 is 19.4 Å². The first-order valence-electron chi connectivity index (χ1n) is 8.80. The SMILES string of the molecule is COc1cc(C=NNC(=O)CN2CC(c3ccccc3)CC2=O)c(Br)c(Br)c1O. The molecule has 152 valence electrons.